The molecule has 0 unspecified atom stereocenters. The standard InChI is InChI=1S/C19H21N5O3/c1-23-9-8-20-18(23)17-14(7-10-27-17)22-19(26)21-13-5-3-12-4-6-16(25)24(2)15(12)11-13/h3-6,8-9,11,14,17H,7,10H2,1-2H3,(H2,21,22,26)/t14-,17-/m1/s1. The molecule has 8 nitrogen and oxygen atoms in total. The normalized spacial score (nSPS) is 19.3. The number of imidazole rings is 1. The number of aryl methyl sites for hydroxylation is 2. The SMILES string of the molecule is Cn1ccnc1[C@@H]1OCC[C@H]1NC(=O)Nc1ccc2ccc(=O)n(C)c2c1. The number of hydrogen-bond acceptors (Lipinski definition) is 4. The number of nitrogens with zero attached hydrogens (tertiary/aromatic N) is 3. The number of hydrogen-bond donors (Lipinski definition) is 2. The number of urea groups is 1. The third-order valence-electron chi connectivity index (χ3n) is 4.91. The summed E-state index contributed by atoms with van der Waals surface area (Å²) in [4.78, 5) is 28.6. The molecule has 0 aliphatic carbocycles. The zero-order valence-corrected chi connectivity index (χ0v) is 15.2. The van der Waals surface area contributed by atoms with Gasteiger partial charge in [0.2, 0.25) is 0 Å². The maximum absolute atomic E-state index is 12.5. The predicted octanol–water partition coefficient (Wildman–Crippen LogP) is 1.92. The van der Waals surface area contributed by atoms with Crippen LogP contribution in [0.3, 0.4) is 0 Å². The van der Waals surface area contributed by atoms with E-state index in [0.717, 1.165) is 23.1 Å². The highest BCUT2D eigenvalue weighted by Crippen LogP contribution is 2.28. The zero-order valence-electron chi connectivity index (χ0n) is 15.2. The van der Waals surface area contributed by atoms with Gasteiger partial charge in [-0.15, -0.1) is 0 Å². The Morgan fingerprint density at radius 1 is 1.26 bits per heavy atom. The molecule has 0 spiro atoms. The van der Waals surface area contributed by atoms with E-state index in [1.807, 2.05) is 29.9 Å². The number of pyridine rings is 1. The van der Waals surface area contributed by atoms with Gasteiger partial charge in [-0.3, -0.25) is 4.79 Å². The van der Waals surface area contributed by atoms with Crippen LogP contribution in [0.4, 0.5) is 10.5 Å². The monoisotopic (exact) mass is 367 g/mol. The van der Waals surface area contributed by atoms with E-state index in [0.29, 0.717) is 12.3 Å². The van der Waals surface area contributed by atoms with Gasteiger partial charge in [-0.1, -0.05) is 6.07 Å². The Labute approximate surface area is 155 Å². The maximum Gasteiger partial charge on any atom is 0.319 e. The topological polar surface area (TPSA) is 90.2 Å². The number of anilines is 1. The molecule has 0 radical (unpaired) electrons. The summed E-state index contributed by atoms with van der Waals surface area (Å²) < 4.78 is 9.22. The van der Waals surface area contributed by atoms with Crippen LogP contribution in [0.25, 0.3) is 10.9 Å². The van der Waals surface area contributed by atoms with E-state index in [-0.39, 0.29) is 23.7 Å². The quantitative estimate of drug-likeness (QED) is 0.740. The molecule has 1 aromatic carbocycles. The van der Waals surface area contributed by atoms with Gasteiger partial charge in [-0.25, -0.2) is 9.78 Å². The van der Waals surface area contributed by atoms with Crippen molar-refractivity contribution in [3.05, 3.63) is 58.9 Å². The van der Waals surface area contributed by atoms with Crippen LogP contribution >= 0.6 is 0 Å². The van der Waals surface area contributed by atoms with Gasteiger partial charge >= 0.3 is 6.03 Å². The molecule has 0 saturated carbocycles. The van der Waals surface area contributed by atoms with E-state index < -0.39 is 0 Å². The third-order valence-corrected chi connectivity index (χ3v) is 4.91. The van der Waals surface area contributed by atoms with E-state index in [9.17, 15) is 9.59 Å². The molecule has 1 saturated heterocycles. The number of fused-ring (bicyclic) bond motifs is 1. The van der Waals surface area contributed by atoms with E-state index in [1.165, 1.54) is 6.07 Å². The highest BCUT2D eigenvalue weighted by molar-refractivity contribution is 5.92. The Hall–Kier alpha value is -3.13. The molecular formula is C19H21N5O3. The van der Waals surface area contributed by atoms with Crippen LogP contribution in [0.1, 0.15) is 18.3 Å². The Morgan fingerprint density at radius 3 is 2.85 bits per heavy atom. The number of aromatic nitrogens is 3. The Kier molecular flexibility index (Phi) is 4.41. The molecule has 1 aliphatic heterocycles. The largest absolute Gasteiger partial charge is 0.368 e. The van der Waals surface area contributed by atoms with Crippen LogP contribution in [0.2, 0.25) is 0 Å². The van der Waals surface area contributed by atoms with Crippen molar-refractivity contribution >= 4 is 22.6 Å². The molecule has 2 atom stereocenters. The average Bonchev–Trinajstić information content (AvgIpc) is 3.27. The summed E-state index contributed by atoms with van der Waals surface area (Å²) in [5.74, 6) is 0.790. The average molecular weight is 367 g/mol. The summed E-state index contributed by atoms with van der Waals surface area (Å²) in [7, 11) is 3.61. The summed E-state index contributed by atoms with van der Waals surface area (Å²) in [6.45, 7) is 0.570. The molecule has 2 aromatic heterocycles. The minimum Gasteiger partial charge on any atom is -0.368 e. The number of carbonyl (C=O) groups is 1. The van der Waals surface area contributed by atoms with Crippen molar-refractivity contribution in [2.45, 2.75) is 18.6 Å². The van der Waals surface area contributed by atoms with Crippen molar-refractivity contribution in [1.82, 2.24) is 19.4 Å². The lowest BCUT2D eigenvalue weighted by Gasteiger charge is -2.20. The fraction of sp³-hybridized carbons (Fsp3) is 0.316. The van der Waals surface area contributed by atoms with Gasteiger partial charge < -0.3 is 24.5 Å². The first kappa shape index (κ1) is 17.3. The fourth-order valence-electron chi connectivity index (χ4n) is 3.42. The lowest BCUT2D eigenvalue weighted by atomic mass is 10.1. The first-order chi connectivity index (χ1) is 13.0. The van der Waals surface area contributed by atoms with Gasteiger partial charge in [0, 0.05) is 44.8 Å². The number of benzene rings is 1. The van der Waals surface area contributed by atoms with E-state index in [1.54, 1.807) is 29.9 Å². The van der Waals surface area contributed by atoms with Crippen molar-refractivity contribution < 1.29 is 9.53 Å². The van der Waals surface area contributed by atoms with E-state index in [4.69, 9.17) is 4.74 Å². The summed E-state index contributed by atoms with van der Waals surface area (Å²) in [6, 6.07) is 8.31. The molecule has 4 rings (SSSR count). The second kappa shape index (κ2) is 6.88. The fourth-order valence-corrected chi connectivity index (χ4v) is 3.42. The molecule has 27 heavy (non-hydrogen) atoms. The smallest absolute Gasteiger partial charge is 0.319 e. The molecule has 2 amide bonds. The zero-order chi connectivity index (χ0) is 19.0. The van der Waals surface area contributed by atoms with Crippen LogP contribution in [-0.2, 0) is 18.8 Å². The van der Waals surface area contributed by atoms with Gasteiger partial charge in [0.25, 0.3) is 5.56 Å². The number of rotatable bonds is 3. The number of nitrogens with one attached hydrogen (secondary N) is 2. The molecule has 140 valence electrons. The molecule has 1 aliphatic rings. The summed E-state index contributed by atoms with van der Waals surface area (Å²) in [5, 5.41) is 6.74. The molecule has 1 fully saturated rings. The number of amides is 2. The molecular weight excluding hydrogens is 346 g/mol. The molecule has 3 heterocycles. The van der Waals surface area contributed by atoms with Crippen molar-refractivity contribution in [2.75, 3.05) is 11.9 Å². The van der Waals surface area contributed by atoms with Crippen molar-refractivity contribution in [3.8, 4) is 0 Å². The van der Waals surface area contributed by atoms with Crippen LogP contribution in [-0.4, -0.2) is 32.8 Å². The van der Waals surface area contributed by atoms with Crippen molar-refractivity contribution in [1.29, 1.82) is 0 Å². The van der Waals surface area contributed by atoms with Gasteiger partial charge in [0.15, 0.2) is 0 Å². The highest BCUT2D eigenvalue weighted by Gasteiger charge is 2.33. The third kappa shape index (κ3) is 3.31. The Balaban J connectivity index is 1.49. The first-order valence-corrected chi connectivity index (χ1v) is 8.79. The van der Waals surface area contributed by atoms with Gasteiger partial charge in [-0.05, 0) is 30.0 Å². The molecule has 2 N–H and O–H groups in total. The second-order valence-electron chi connectivity index (χ2n) is 6.69. The van der Waals surface area contributed by atoms with Crippen LogP contribution < -0.4 is 16.2 Å². The number of ether oxygens (including phenoxy) is 1. The molecule has 0 bridgehead atoms. The molecule has 3 aromatic rings. The van der Waals surface area contributed by atoms with Gasteiger partial charge in [-0.2, -0.15) is 0 Å². The van der Waals surface area contributed by atoms with Crippen molar-refractivity contribution in [3.63, 3.8) is 0 Å². The van der Waals surface area contributed by atoms with Crippen LogP contribution in [0, 0.1) is 0 Å². The summed E-state index contributed by atoms with van der Waals surface area (Å²) in [6.07, 6.45) is 4.02. The Bertz CT molecular complexity index is 1050. The van der Waals surface area contributed by atoms with Gasteiger partial charge in [0.05, 0.1) is 11.6 Å². The minimum atomic E-state index is -0.315. The van der Waals surface area contributed by atoms with Crippen molar-refractivity contribution in [2.24, 2.45) is 14.1 Å². The first-order valence-electron chi connectivity index (χ1n) is 8.79. The lowest BCUT2D eigenvalue weighted by molar-refractivity contribution is 0.0913. The molecule has 8 heteroatoms. The Morgan fingerprint density at radius 2 is 2.07 bits per heavy atom. The highest BCUT2D eigenvalue weighted by atomic mass is 16.5. The van der Waals surface area contributed by atoms with E-state index in [2.05, 4.69) is 15.6 Å². The van der Waals surface area contributed by atoms with Gasteiger partial charge in [0.1, 0.15) is 11.9 Å². The summed E-state index contributed by atoms with van der Waals surface area (Å²) >= 11 is 0. The van der Waals surface area contributed by atoms with Crippen LogP contribution in [0.5, 0.6) is 0 Å². The lowest BCUT2D eigenvalue weighted by Crippen LogP contribution is -2.40. The minimum absolute atomic E-state index is 0.0925. The number of carbonyl (C=O) groups excluding carboxylic acids is 1. The summed E-state index contributed by atoms with van der Waals surface area (Å²) in [5.41, 5.74) is 1.29. The second-order valence-corrected chi connectivity index (χ2v) is 6.69. The van der Waals surface area contributed by atoms with E-state index >= 15 is 0 Å². The van der Waals surface area contributed by atoms with Crippen LogP contribution in [0.15, 0.2) is 47.5 Å². The maximum atomic E-state index is 12.5. The predicted molar refractivity (Wildman–Crippen MR) is 102 cm³/mol.